The Kier molecular flexibility index (Phi) is 3.80. The van der Waals surface area contributed by atoms with Gasteiger partial charge in [-0.15, -0.1) is 11.3 Å². The average Bonchev–Trinajstić information content (AvgIpc) is 2.75. The predicted octanol–water partition coefficient (Wildman–Crippen LogP) is 4.64. The molecule has 1 unspecified atom stereocenters. The van der Waals surface area contributed by atoms with E-state index in [1.54, 1.807) is 11.3 Å². The largest absolute Gasteiger partial charge is 0.417 e. The van der Waals surface area contributed by atoms with Gasteiger partial charge in [0.2, 0.25) is 0 Å². The van der Waals surface area contributed by atoms with Crippen molar-refractivity contribution in [3.8, 4) is 0 Å². The van der Waals surface area contributed by atoms with Crippen LogP contribution >= 0.6 is 11.3 Å². The summed E-state index contributed by atoms with van der Waals surface area (Å²) in [6, 6.07) is 6.41. The lowest BCUT2D eigenvalue weighted by Crippen LogP contribution is -2.09. The molecule has 0 aliphatic heterocycles. The zero-order chi connectivity index (χ0) is 14.0. The summed E-state index contributed by atoms with van der Waals surface area (Å²) in [6.07, 6.45) is -3.50. The predicted molar refractivity (Wildman–Crippen MR) is 70.3 cm³/mol. The number of alkyl halides is 3. The van der Waals surface area contributed by atoms with Crippen LogP contribution in [0.2, 0.25) is 0 Å². The van der Waals surface area contributed by atoms with Crippen LogP contribution in [0.5, 0.6) is 0 Å². The van der Waals surface area contributed by atoms with E-state index in [-0.39, 0.29) is 6.04 Å². The second-order valence-corrected chi connectivity index (χ2v) is 5.56. The quantitative estimate of drug-likeness (QED) is 0.888. The Labute approximate surface area is 113 Å². The summed E-state index contributed by atoms with van der Waals surface area (Å²) in [5.41, 5.74) is -0.738. The molecule has 2 aromatic rings. The highest BCUT2D eigenvalue weighted by Gasteiger charge is 2.30. The molecule has 6 heteroatoms. The highest BCUT2D eigenvalue weighted by atomic mass is 32.1. The number of thiophene rings is 1. The number of aryl methyl sites for hydroxylation is 1. The summed E-state index contributed by atoms with van der Waals surface area (Å²) in [7, 11) is 0. The average molecular weight is 286 g/mol. The fraction of sp³-hybridized carbons (Fsp3) is 0.308. The van der Waals surface area contributed by atoms with Gasteiger partial charge in [-0.1, -0.05) is 0 Å². The number of halogens is 3. The smallest absolute Gasteiger partial charge is 0.363 e. The lowest BCUT2D eigenvalue weighted by atomic mass is 10.2. The van der Waals surface area contributed by atoms with Gasteiger partial charge >= 0.3 is 6.18 Å². The zero-order valence-electron chi connectivity index (χ0n) is 10.5. The van der Waals surface area contributed by atoms with Gasteiger partial charge in [-0.25, -0.2) is 4.98 Å². The van der Waals surface area contributed by atoms with Crippen molar-refractivity contribution >= 4 is 17.2 Å². The fourth-order valence-electron chi connectivity index (χ4n) is 1.63. The molecule has 0 aliphatic rings. The highest BCUT2D eigenvalue weighted by molar-refractivity contribution is 7.12. The van der Waals surface area contributed by atoms with Crippen molar-refractivity contribution in [2.75, 3.05) is 5.32 Å². The van der Waals surface area contributed by atoms with Gasteiger partial charge in [-0.2, -0.15) is 13.2 Å². The van der Waals surface area contributed by atoms with Gasteiger partial charge < -0.3 is 5.32 Å². The van der Waals surface area contributed by atoms with Crippen LogP contribution in [-0.2, 0) is 6.18 Å². The Morgan fingerprint density at radius 1 is 1.21 bits per heavy atom. The first-order chi connectivity index (χ1) is 8.86. The third-order valence-corrected chi connectivity index (χ3v) is 3.83. The van der Waals surface area contributed by atoms with Crippen LogP contribution in [0.3, 0.4) is 0 Å². The van der Waals surface area contributed by atoms with Gasteiger partial charge in [-0.3, -0.25) is 0 Å². The minimum absolute atomic E-state index is 0.0166. The van der Waals surface area contributed by atoms with E-state index in [4.69, 9.17) is 0 Å². The van der Waals surface area contributed by atoms with Crippen LogP contribution in [0.4, 0.5) is 19.0 Å². The van der Waals surface area contributed by atoms with Crippen molar-refractivity contribution in [2.24, 2.45) is 0 Å². The number of nitrogens with zero attached hydrogens (tertiary/aromatic N) is 1. The molecule has 2 heterocycles. The van der Waals surface area contributed by atoms with Crippen molar-refractivity contribution in [3.05, 3.63) is 45.8 Å². The van der Waals surface area contributed by atoms with E-state index in [0.717, 1.165) is 17.1 Å². The van der Waals surface area contributed by atoms with Crippen molar-refractivity contribution in [2.45, 2.75) is 26.1 Å². The molecule has 0 saturated carbocycles. The number of nitrogens with one attached hydrogen (secondary N) is 1. The third kappa shape index (κ3) is 3.47. The van der Waals surface area contributed by atoms with E-state index in [1.807, 2.05) is 26.0 Å². The molecular weight excluding hydrogens is 273 g/mol. The number of anilines is 1. The summed E-state index contributed by atoms with van der Waals surface area (Å²) in [6.45, 7) is 3.96. The second kappa shape index (κ2) is 5.21. The van der Waals surface area contributed by atoms with Crippen molar-refractivity contribution in [1.82, 2.24) is 4.98 Å². The van der Waals surface area contributed by atoms with Gasteiger partial charge in [0, 0.05) is 16.0 Å². The van der Waals surface area contributed by atoms with Gasteiger partial charge in [-0.05, 0) is 38.1 Å². The van der Waals surface area contributed by atoms with Crippen molar-refractivity contribution in [1.29, 1.82) is 0 Å². The Morgan fingerprint density at radius 3 is 2.42 bits per heavy atom. The van der Waals surface area contributed by atoms with Crippen LogP contribution in [0.25, 0.3) is 0 Å². The third-order valence-electron chi connectivity index (χ3n) is 2.64. The molecule has 2 nitrogen and oxygen atoms in total. The molecule has 1 N–H and O–H groups in total. The molecule has 0 saturated heterocycles. The lowest BCUT2D eigenvalue weighted by Gasteiger charge is -2.13. The Hall–Kier alpha value is -1.56. The van der Waals surface area contributed by atoms with Crippen molar-refractivity contribution in [3.63, 3.8) is 0 Å². The highest BCUT2D eigenvalue weighted by Crippen LogP contribution is 2.30. The molecule has 0 amide bonds. The van der Waals surface area contributed by atoms with Crippen LogP contribution in [0.1, 0.15) is 28.3 Å². The summed E-state index contributed by atoms with van der Waals surface area (Å²) in [4.78, 5) is 6.11. The summed E-state index contributed by atoms with van der Waals surface area (Å²) >= 11 is 1.65. The van der Waals surface area contributed by atoms with Crippen LogP contribution < -0.4 is 5.32 Å². The fourth-order valence-corrected chi connectivity index (χ4v) is 2.51. The standard InChI is InChI=1S/C13H13F3N2S/c1-8-3-5-11(19-8)9(2)18-12-6-4-10(7-17-12)13(14,15)16/h3-7,9H,1-2H3,(H,17,18). The molecule has 0 bridgehead atoms. The van der Waals surface area contributed by atoms with Crippen LogP contribution in [0.15, 0.2) is 30.5 Å². The molecule has 0 aromatic carbocycles. The molecule has 0 spiro atoms. The maximum Gasteiger partial charge on any atom is 0.417 e. The molecule has 102 valence electrons. The van der Waals surface area contributed by atoms with E-state index in [2.05, 4.69) is 10.3 Å². The zero-order valence-corrected chi connectivity index (χ0v) is 11.3. The molecule has 0 aliphatic carbocycles. The maximum atomic E-state index is 12.4. The summed E-state index contributed by atoms with van der Waals surface area (Å²) in [5, 5.41) is 3.08. The van der Waals surface area contributed by atoms with E-state index in [0.29, 0.717) is 5.82 Å². The summed E-state index contributed by atoms with van der Waals surface area (Å²) in [5.74, 6) is 0.437. The number of rotatable bonds is 3. The molecular formula is C13H13F3N2S. The monoisotopic (exact) mass is 286 g/mol. The van der Waals surface area contributed by atoms with E-state index >= 15 is 0 Å². The number of pyridine rings is 1. The first-order valence-corrected chi connectivity index (χ1v) is 6.54. The molecule has 2 aromatic heterocycles. The van der Waals surface area contributed by atoms with E-state index in [9.17, 15) is 13.2 Å². The van der Waals surface area contributed by atoms with Crippen molar-refractivity contribution < 1.29 is 13.2 Å². The lowest BCUT2D eigenvalue weighted by molar-refractivity contribution is -0.137. The SMILES string of the molecule is Cc1ccc(C(C)Nc2ccc(C(F)(F)F)cn2)s1. The second-order valence-electron chi connectivity index (χ2n) is 4.24. The van der Waals surface area contributed by atoms with E-state index < -0.39 is 11.7 Å². The number of hydrogen-bond donors (Lipinski definition) is 1. The topological polar surface area (TPSA) is 24.9 Å². The molecule has 19 heavy (non-hydrogen) atoms. The Bertz CT molecular complexity index is 546. The minimum Gasteiger partial charge on any atom is -0.363 e. The normalized spacial score (nSPS) is 13.3. The Morgan fingerprint density at radius 2 is 1.95 bits per heavy atom. The maximum absolute atomic E-state index is 12.4. The van der Waals surface area contributed by atoms with Crippen LogP contribution in [0, 0.1) is 6.92 Å². The molecule has 1 atom stereocenters. The molecule has 2 rings (SSSR count). The first kappa shape index (κ1) is 13.9. The van der Waals surface area contributed by atoms with Gasteiger partial charge in [0.25, 0.3) is 0 Å². The van der Waals surface area contributed by atoms with E-state index in [1.165, 1.54) is 10.9 Å². The van der Waals surface area contributed by atoms with Crippen LogP contribution in [-0.4, -0.2) is 4.98 Å². The molecule has 0 fully saturated rings. The van der Waals surface area contributed by atoms with Gasteiger partial charge in [0.15, 0.2) is 0 Å². The summed E-state index contributed by atoms with van der Waals surface area (Å²) < 4.78 is 37.2. The minimum atomic E-state index is -4.35. The number of aromatic nitrogens is 1. The first-order valence-electron chi connectivity index (χ1n) is 5.72. The van der Waals surface area contributed by atoms with Gasteiger partial charge in [0.1, 0.15) is 5.82 Å². The molecule has 0 radical (unpaired) electrons. The van der Waals surface area contributed by atoms with Gasteiger partial charge in [0.05, 0.1) is 11.6 Å². The number of hydrogen-bond acceptors (Lipinski definition) is 3. The Balaban J connectivity index is 2.07.